The smallest absolute Gasteiger partial charge is 0.301 e. The summed E-state index contributed by atoms with van der Waals surface area (Å²) >= 11 is 1.00. The molecule has 1 amide bonds. The third-order valence-electron chi connectivity index (χ3n) is 6.36. The SMILES string of the molecule is C[C@@H]1Cc2cc(C(O)=C3C(=O)C(=O)N(c4nc5ccc(F)cc5s4)[C@H]3c3ccccc3F)ccc2O1. The van der Waals surface area contributed by atoms with Gasteiger partial charge in [-0.2, -0.15) is 0 Å². The van der Waals surface area contributed by atoms with E-state index in [9.17, 15) is 19.1 Å². The number of benzene rings is 3. The molecule has 2 aliphatic heterocycles. The van der Waals surface area contributed by atoms with E-state index in [2.05, 4.69) is 4.98 Å². The van der Waals surface area contributed by atoms with Crippen molar-refractivity contribution in [3.8, 4) is 5.75 Å². The van der Waals surface area contributed by atoms with Crippen molar-refractivity contribution >= 4 is 44.1 Å². The predicted octanol–water partition coefficient (Wildman–Crippen LogP) is 5.52. The number of hydrogen-bond acceptors (Lipinski definition) is 6. The molecule has 6 rings (SSSR count). The maximum Gasteiger partial charge on any atom is 0.301 e. The van der Waals surface area contributed by atoms with Crippen molar-refractivity contribution in [1.29, 1.82) is 0 Å². The summed E-state index contributed by atoms with van der Waals surface area (Å²) in [5.74, 6) is -2.77. The fourth-order valence-corrected chi connectivity index (χ4v) is 5.75. The van der Waals surface area contributed by atoms with Crippen LogP contribution in [0.4, 0.5) is 13.9 Å². The molecular weight excluding hydrogens is 486 g/mol. The Bertz CT molecular complexity index is 1610. The van der Waals surface area contributed by atoms with E-state index in [1.807, 2.05) is 6.92 Å². The Labute approximate surface area is 208 Å². The molecule has 0 saturated carbocycles. The molecule has 3 aromatic carbocycles. The number of anilines is 1. The maximum atomic E-state index is 15.1. The Morgan fingerprint density at radius 1 is 1.11 bits per heavy atom. The van der Waals surface area contributed by atoms with Crippen molar-refractivity contribution in [3.63, 3.8) is 0 Å². The number of ether oxygens (including phenoxy) is 1. The number of halogens is 2. The number of ketones is 1. The van der Waals surface area contributed by atoms with Crippen LogP contribution in [0.25, 0.3) is 16.0 Å². The summed E-state index contributed by atoms with van der Waals surface area (Å²) in [6.45, 7) is 1.92. The number of aliphatic hydroxyl groups excluding tert-OH is 1. The van der Waals surface area contributed by atoms with Crippen molar-refractivity contribution < 1.29 is 28.2 Å². The van der Waals surface area contributed by atoms with Crippen LogP contribution in [0.5, 0.6) is 5.75 Å². The van der Waals surface area contributed by atoms with Crippen LogP contribution in [0.3, 0.4) is 0 Å². The molecule has 180 valence electrons. The quantitative estimate of drug-likeness (QED) is 0.226. The monoisotopic (exact) mass is 504 g/mol. The average Bonchev–Trinajstić information content (AvgIpc) is 3.51. The number of carbonyl (C=O) groups excluding carboxylic acids is 2. The number of Topliss-reactive ketones (excluding diaryl/α,β-unsaturated/α-hetero) is 1. The Kier molecular flexibility index (Phi) is 5.11. The van der Waals surface area contributed by atoms with Gasteiger partial charge < -0.3 is 9.84 Å². The highest BCUT2D eigenvalue weighted by Gasteiger charge is 2.49. The van der Waals surface area contributed by atoms with Gasteiger partial charge in [-0.05, 0) is 55.0 Å². The number of thiazole rings is 1. The molecule has 1 fully saturated rings. The van der Waals surface area contributed by atoms with Gasteiger partial charge in [-0.15, -0.1) is 0 Å². The zero-order valence-electron chi connectivity index (χ0n) is 18.9. The van der Waals surface area contributed by atoms with Crippen molar-refractivity contribution in [3.05, 3.63) is 94.6 Å². The van der Waals surface area contributed by atoms with Crippen molar-refractivity contribution in [2.75, 3.05) is 4.90 Å². The molecule has 0 spiro atoms. The number of aromatic nitrogens is 1. The van der Waals surface area contributed by atoms with Gasteiger partial charge in [-0.25, -0.2) is 13.8 Å². The second-order valence-corrected chi connectivity index (χ2v) is 9.76. The van der Waals surface area contributed by atoms with Gasteiger partial charge in [0.2, 0.25) is 0 Å². The maximum absolute atomic E-state index is 15.1. The second kappa shape index (κ2) is 8.23. The van der Waals surface area contributed by atoms with Gasteiger partial charge >= 0.3 is 5.91 Å². The molecule has 36 heavy (non-hydrogen) atoms. The lowest BCUT2D eigenvalue weighted by Crippen LogP contribution is -2.29. The fourth-order valence-electron chi connectivity index (χ4n) is 4.74. The molecule has 2 aliphatic rings. The van der Waals surface area contributed by atoms with Gasteiger partial charge in [-0.1, -0.05) is 29.5 Å². The normalized spacial score (nSPS) is 20.7. The minimum Gasteiger partial charge on any atom is -0.507 e. The van der Waals surface area contributed by atoms with E-state index in [1.54, 1.807) is 24.3 Å². The van der Waals surface area contributed by atoms with Crippen molar-refractivity contribution in [2.24, 2.45) is 0 Å². The van der Waals surface area contributed by atoms with Gasteiger partial charge in [0.15, 0.2) is 5.13 Å². The second-order valence-electron chi connectivity index (χ2n) is 8.75. The highest BCUT2D eigenvalue weighted by atomic mass is 32.1. The Morgan fingerprint density at radius 3 is 2.72 bits per heavy atom. The van der Waals surface area contributed by atoms with E-state index < -0.39 is 35.1 Å². The molecular formula is C27H18F2N2O4S. The standard InChI is InChI=1S/C27H18F2N2O4S/c1-13-10-15-11-14(6-9-20(15)35-13)24(32)22-23(17-4-2-3-5-18(17)29)31(26(34)25(22)33)27-30-19-8-7-16(28)12-21(19)36-27/h2-9,11-13,23,32H,10H2,1H3/t13-,23+/m1/s1. The third-order valence-corrected chi connectivity index (χ3v) is 7.38. The van der Waals surface area contributed by atoms with E-state index in [-0.39, 0.29) is 22.4 Å². The molecule has 0 aliphatic carbocycles. The lowest BCUT2D eigenvalue weighted by molar-refractivity contribution is -0.132. The van der Waals surface area contributed by atoms with E-state index in [1.165, 1.54) is 36.4 Å². The number of hydrogen-bond donors (Lipinski definition) is 1. The van der Waals surface area contributed by atoms with Crippen LogP contribution in [-0.2, 0) is 16.0 Å². The number of amides is 1. The summed E-state index contributed by atoms with van der Waals surface area (Å²) < 4.78 is 35.0. The first-order valence-electron chi connectivity index (χ1n) is 11.2. The summed E-state index contributed by atoms with van der Waals surface area (Å²) in [6, 6.07) is 13.5. The lowest BCUT2D eigenvalue weighted by Gasteiger charge is -2.23. The number of rotatable bonds is 3. The first kappa shape index (κ1) is 22.4. The molecule has 1 N–H and O–H groups in total. The molecule has 3 heterocycles. The van der Waals surface area contributed by atoms with E-state index in [0.29, 0.717) is 28.0 Å². The summed E-state index contributed by atoms with van der Waals surface area (Å²) in [4.78, 5) is 32.1. The van der Waals surface area contributed by atoms with Gasteiger partial charge in [0.05, 0.1) is 15.8 Å². The molecule has 1 aromatic heterocycles. The number of aliphatic hydroxyl groups is 1. The molecule has 0 bridgehead atoms. The highest BCUT2D eigenvalue weighted by Crippen LogP contribution is 2.45. The zero-order chi connectivity index (χ0) is 25.1. The largest absolute Gasteiger partial charge is 0.507 e. The van der Waals surface area contributed by atoms with Crippen LogP contribution < -0.4 is 9.64 Å². The van der Waals surface area contributed by atoms with Gasteiger partial charge in [-0.3, -0.25) is 14.5 Å². The average molecular weight is 505 g/mol. The molecule has 4 aromatic rings. The van der Waals surface area contributed by atoms with Crippen LogP contribution in [0, 0.1) is 11.6 Å². The fraction of sp³-hybridized carbons (Fsp3) is 0.148. The van der Waals surface area contributed by atoms with Gasteiger partial charge in [0.1, 0.15) is 35.3 Å². The summed E-state index contributed by atoms with van der Waals surface area (Å²) in [5, 5.41) is 11.4. The third kappa shape index (κ3) is 3.46. The predicted molar refractivity (Wildman–Crippen MR) is 131 cm³/mol. The number of fused-ring (bicyclic) bond motifs is 2. The topological polar surface area (TPSA) is 79.7 Å². The summed E-state index contributed by atoms with van der Waals surface area (Å²) in [5.41, 5.74) is 1.39. The Hall–Kier alpha value is -4.11. The van der Waals surface area contributed by atoms with Gasteiger partial charge in [0.25, 0.3) is 5.78 Å². The van der Waals surface area contributed by atoms with Crippen molar-refractivity contribution in [1.82, 2.24) is 4.98 Å². The van der Waals surface area contributed by atoms with Crippen molar-refractivity contribution in [2.45, 2.75) is 25.5 Å². The first-order chi connectivity index (χ1) is 17.3. The van der Waals surface area contributed by atoms with E-state index in [0.717, 1.165) is 21.8 Å². The van der Waals surface area contributed by atoms with Gasteiger partial charge in [0, 0.05) is 17.5 Å². The van der Waals surface area contributed by atoms with Crippen LogP contribution in [-0.4, -0.2) is 27.9 Å². The van der Waals surface area contributed by atoms with Crippen LogP contribution in [0.15, 0.2) is 66.2 Å². The molecule has 0 radical (unpaired) electrons. The molecule has 9 heteroatoms. The van der Waals surface area contributed by atoms with E-state index >= 15 is 4.39 Å². The van der Waals surface area contributed by atoms with E-state index in [4.69, 9.17) is 4.74 Å². The minimum atomic E-state index is -1.26. The molecule has 1 saturated heterocycles. The highest BCUT2D eigenvalue weighted by molar-refractivity contribution is 7.22. The minimum absolute atomic E-state index is 0.0229. The molecule has 0 unspecified atom stereocenters. The summed E-state index contributed by atoms with van der Waals surface area (Å²) in [6.07, 6.45) is 0.606. The molecule has 6 nitrogen and oxygen atoms in total. The summed E-state index contributed by atoms with van der Waals surface area (Å²) in [7, 11) is 0. The lowest BCUT2D eigenvalue weighted by atomic mass is 9.94. The zero-order valence-corrected chi connectivity index (χ0v) is 19.7. The van der Waals surface area contributed by atoms with Crippen LogP contribution in [0.2, 0.25) is 0 Å². The Balaban J connectivity index is 1.55. The van der Waals surface area contributed by atoms with Crippen LogP contribution >= 0.6 is 11.3 Å². The number of carbonyl (C=O) groups is 2. The molecule has 2 atom stereocenters. The number of nitrogens with zero attached hydrogens (tertiary/aromatic N) is 2. The Morgan fingerprint density at radius 2 is 1.92 bits per heavy atom. The first-order valence-corrected chi connectivity index (χ1v) is 12.0. The van der Waals surface area contributed by atoms with Crippen LogP contribution in [0.1, 0.15) is 29.7 Å².